The first-order valence-corrected chi connectivity index (χ1v) is 10.8. The summed E-state index contributed by atoms with van der Waals surface area (Å²) >= 11 is 3.53. The molecule has 0 atom stereocenters. The molecule has 2 aromatic carbocycles. The molecule has 2 heterocycles. The number of rotatable bonds is 8. The van der Waals surface area contributed by atoms with Crippen LogP contribution in [-0.4, -0.2) is 30.1 Å². The number of hydrogen-bond donors (Lipinski definition) is 1. The van der Waals surface area contributed by atoms with Crippen LogP contribution in [-0.2, 0) is 26.5 Å². The Morgan fingerprint density at radius 1 is 1.18 bits per heavy atom. The minimum absolute atomic E-state index is 0.0280. The lowest BCUT2D eigenvalue weighted by atomic mass is 9.99. The Balaban J connectivity index is 1.66. The lowest BCUT2D eigenvalue weighted by Crippen LogP contribution is -2.21. The molecule has 0 saturated carbocycles. The molecule has 0 radical (unpaired) electrons. The zero-order valence-corrected chi connectivity index (χ0v) is 19.2. The molecule has 0 fully saturated rings. The maximum Gasteiger partial charge on any atom is 0.269 e. The molecule has 33 heavy (non-hydrogen) atoms. The number of nitro groups is 1. The molecule has 0 amide bonds. The van der Waals surface area contributed by atoms with Crippen LogP contribution >= 0.6 is 15.9 Å². The quantitative estimate of drug-likeness (QED) is 0.283. The zero-order chi connectivity index (χ0) is 23.4. The van der Waals surface area contributed by atoms with E-state index < -0.39 is 4.92 Å². The molecule has 0 aliphatic carbocycles. The average Bonchev–Trinajstić information content (AvgIpc) is 3.34. The highest BCUT2D eigenvalue weighted by atomic mass is 79.9. The number of nitrogens with one attached hydrogen (secondary N) is 1. The Morgan fingerprint density at radius 3 is 2.67 bits per heavy atom. The second-order valence-electron chi connectivity index (χ2n) is 7.32. The van der Waals surface area contributed by atoms with E-state index in [-0.39, 0.29) is 17.1 Å². The number of aromatic nitrogens is 5. The second kappa shape index (κ2) is 9.74. The number of H-pyrrole nitrogens is 1. The van der Waals surface area contributed by atoms with E-state index in [1.807, 2.05) is 30.3 Å². The highest BCUT2D eigenvalue weighted by Gasteiger charge is 2.20. The van der Waals surface area contributed by atoms with Crippen LogP contribution in [0, 0.1) is 10.1 Å². The van der Waals surface area contributed by atoms with Crippen LogP contribution in [0.1, 0.15) is 16.7 Å². The number of tetrazole rings is 1. The van der Waals surface area contributed by atoms with E-state index in [1.165, 1.54) is 16.7 Å². The van der Waals surface area contributed by atoms with Gasteiger partial charge in [0.25, 0.3) is 11.2 Å². The Morgan fingerprint density at radius 2 is 1.97 bits per heavy atom. The van der Waals surface area contributed by atoms with Crippen molar-refractivity contribution >= 4 is 21.6 Å². The normalized spacial score (nSPS) is 10.8. The fourth-order valence-corrected chi connectivity index (χ4v) is 4.20. The van der Waals surface area contributed by atoms with Crippen molar-refractivity contribution < 1.29 is 9.66 Å². The summed E-state index contributed by atoms with van der Waals surface area (Å²) in [7, 11) is 1.64. The molecule has 10 nitrogen and oxygen atoms in total. The van der Waals surface area contributed by atoms with E-state index in [0.29, 0.717) is 46.4 Å². The summed E-state index contributed by atoms with van der Waals surface area (Å²) < 4.78 is 8.12. The van der Waals surface area contributed by atoms with Gasteiger partial charge in [0.1, 0.15) is 12.4 Å². The van der Waals surface area contributed by atoms with Gasteiger partial charge in [-0.25, -0.2) is 5.10 Å². The summed E-state index contributed by atoms with van der Waals surface area (Å²) in [6, 6.07) is 14.2. The van der Waals surface area contributed by atoms with E-state index in [0.717, 1.165) is 5.56 Å². The van der Waals surface area contributed by atoms with E-state index >= 15 is 0 Å². The number of hydrogen-bond acceptors (Lipinski definition) is 7. The Hall–Kier alpha value is -3.86. The van der Waals surface area contributed by atoms with Gasteiger partial charge in [0.2, 0.25) is 0 Å². The lowest BCUT2D eigenvalue weighted by Gasteiger charge is -2.14. The van der Waals surface area contributed by atoms with Gasteiger partial charge in [0.05, 0.1) is 10.5 Å². The SMILES string of the molecule is Cn1cc(Br)c(CCc2cc([N+](=O)[O-])ccc2OCc2ccccc2)c(-c2nnn[nH]2)c1=O. The van der Waals surface area contributed by atoms with Crippen LogP contribution in [0.4, 0.5) is 5.69 Å². The van der Waals surface area contributed by atoms with Crippen molar-refractivity contribution in [3.05, 3.63) is 96.4 Å². The van der Waals surface area contributed by atoms with Crippen molar-refractivity contribution in [2.24, 2.45) is 7.05 Å². The third kappa shape index (κ3) is 4.98. The number of nitrogens with zero attached hydrogens (tertiary/aromatic N) is 5. The predicted molar refractivity (Wildman–Crippen MR) is 124 cm³/mol. The summed E-state index contributed by atoms with van der Waals surface area (Å²) in [6.07, 6.45) is 2.47. The van der Waals surface area contributed by atoms with Crippen LogP contribution < -0.4 is 10.3 Å². The van der Waals surface area contributed by atoms with Gasteiger partial charge in [-0.15, -0.1) is 5.10 Å². The Labute approximate surface area is 196 Å². The number of ether oxygens (including phenoxy) is 1. The first-order valence-electron chi connectivity index (χ1n) is 10.00. The minimum Gasteiger partial charge on any atom is -0.489 e. The van der Waals surface area contributed by atoms with Crippen molar-refractivity contribution in [3.8, 4) is 17.1 Å². The van der Waals surface area contributed by atoms with Crippen molar-refractivity contribution in [2.45, 2.75) is 19.4 Å². The van der Waals surface area contributed by atoms with E-state index in [2.05, 4.69) is 36.6 Å². The second-order valence-corrected chi connectivity index (χ2v) is 8.17. The molecule has 11 heteroatoms. The summed E-state index contributed by atoms with van der Waals surface area (Å²) in [5.41, 5.74) is 2.39. The lowest BCUT2D eigenvalue weighted by molar-refractivity contribution is -0.384. The maximum atomic E-state index is 12.8. The van der Waals surface area contributed by atoms with Crippen molar-refractivity contribution in [3.63, 3.8) is 0 Å². The third-order valence-electron chi connectivity index (χ3n) is 5.15. The fourth-order valence-electron chi connectivity index (χ4n) is 3.50. The molecular formula is C22H19BrN6O4. The highest BCUT2D eigenvalue weighted by Crippen LogP contribution is 2.30. The molecule has 0 spiro atoms. The van der Waals surface area contributed by atoms with Crippen LogP contribution in [0.3, 0.4) is 0 Å². The molecule has 0 bridgehead atoms. The number of halogens is 1. The van der Waals surface area contributed by atoms with Gasteiger partial charge in [0.15, 0.2) is 5.82 Å². The number of benzene rings is 2. The Bertz CT molecular complexity index is 1340. The predicted octanol–water partition coefficient (Wildman–Crippen LogP) is 3.60. The molecule has 168 valence electrons. The van der Waals surface area contributed by atoms with Gasteiger partial charge in [-0.3, -0.25) is 14.9 Å². The summed E-state index contributed by atoms with van der Waals surface area (Å²) in [6.45, 7) is 0.330. The van der Waals surface area contributed by atoms with Gasteiger partial charge in [-0.2, -0.15) is 0 Å². The van der Waals surface area contributed by atoms with E-state index in [4.69, 9.17) is 4.74 Å². The highest BCUT2D eigenvalue weighted by molar-refractivity contribution is 9.10. The molecule has 4 rings (SSSR count). The van der Waals surface area contributed by atoms with Crippen molar-refractivity contribution in [1.29, 1.82) is 0 Å². The zero-order valence-electron chi connectivity index (χ0n) is 17.6. The third-order valence-corrected chi connectivity index (χ3v) is 5.83. The molecule has 4 aromatic rings. The van der Waals surface area contributed by atoms with Gasteiger partial charge >= 0.3 is 0 Å². The topological polar surface area (TPSA) is 129 Å². The van der Waals surface area contributed by atoms with Crippen molar-refractivity contribution in [2.75, 3.05) is 0 Å². The average molecular weight is 511 g/mol. The van der Waals surface area contributed by atoms with Gasteiger partial charge in [-0.05, 0) is 56.4 Å². The summed E-state index contributed by atoms with van der Waals surface area (Å²) in [4.78, 5) is 23.7. The van der Waals surface area contributed by atoms with Gasteiger partial charge in [-0.1, -0.05) is 30.3 Å². The number of aryl methyl sites for hydroxylation is 2. The largest absolute Gasteiger partial charge is 0.489 e. The van der Waals surface area contributed by atoms with E-state index in [9.17, 15) is 14.9 Å². The smallest absolute Gasteiger partial charge is 0.269 e. The first-order chi connectivity index (χ1) is 15.9. The Kier molecular flexibility index (Phi) is 6.59. The molecule has 2 aromatic heterocycles. The van der Waals surface area contributed by atoms with Crippen molar-refractivity contribution in [1.82, 2.24) is 25.2 Å². The standard InChI is InChI=1S/C22H19BrN6O4/c1-28-12-18(23)17(20(22(28)30)21-24-26-27-25-21)9-7-15-11-16(29(31)32)8-10-19(15)33-13-14-5-3-2-4-6-14/h2-6,8,10-12H,7,9,13H2,1H3,(H,24,25,26,27). The van der Waals surface area contributed by atoms with Crippen LogP contribution in [0.2, 0.25) is 0 Å². The fraction of sp³-hybridized carbons (Fsp3) is 0.182. The maximum absolute atomic E-state index is 12.8. The van der Waals surface area contributed by atoms with Gasteiger partial charge < -0.3 is 9.30 Å². The summed E-state index contributed by atoms with van der Waals surface area (Å²) in [5.74, 6) is 0.804. The molecule has 1 N–H and O–H groups in total. The molecule has 0 unspecified atom stereocenters. The number of aromatic amines is 1. The summed E-state index contributed by atoms with van der Waals surface area (Å²) in [5, 5.41) is 25.0. The molecule has 0 aliphatic heterocycles. The van der Waals surface area contributed by atoms with Crippen LogP contribution in [0.15, 0.2) is 64.0 Å². The first kappa shape index (κ1) is 22.3. The monoisotopic (exact) mass is 510 g/mol. The number of non-ortho nitro benzene ring substituents is 1. The number of nitro benzene ring substituents is 1. The van der Waals surface area contributed by atoms with Gasteiger partial charge in [0, 0.05) is 35.4 Å². The van der Waals surface area contributed by atoms with E-state index in [1.54, 1.807) is 19.3 Å². The molecule has 0 aliphatic rings. The van der Waals surface area contributed by atoms with Crippen LogP contribution in [0.25, 0.3) is 11.4 Å². The minimum atomic E-state index is -0.440. The van der Waals surface area contributed by atoms with Crippen LogP contribution in [0.5, 0.6) is 5.75 Å². The molecule has 0 saturated heterocycles. The number of pyridine rings is 1. The molecular weight excluding hydrogens is 492 g/mol.